The van der Waals surface area contributed by atoms with Crippen LogP contribution in [0.3, 0.4) is 0 Å². The maximum Gasteiger partial charge on any atom is 0.0541 e. The summed E-state index contributed by atoms with van der Waals surface area (Å²) in [6.07, 6.45) is 0. The third-order valence-corrected chi connectivity index (χ3v) is 10.8. The quantitative estimate of drug-likeness (QED) is 0.162. The molecule has 0 N–H and O–H groups in total. The molecule has 0 aliphatic rings. The molecular weight excluding hydrogens is 605 g/mol. The fourth-order valence-corrected chi connectivity index (χ4v) is 7.77. The largest absolute Gasteiger partial charge is 0.309 e. The van der Waals surface area contributed by atoms with Gasteiger partial charge in [0.15, 0.2) is 0 Å². The molecule has 250 valence electrons. The van der Waals surface area contributed by atoms with Crippen molar-refractivity contribution in [2.45, 2.75) is 79.1 Å². The van der Waals surface area contributed by atoms with Gasteiger partial charge in [-0.15, -0.1) is 0 Å². The highest BCUT2D eigenvalue weighted by Gasteiger charge is 2.18. The Balaban J connectivity index is 1.32. The van der Waals surface area contributed by atoms with Gasteiger partial charge in [-0.25, -0.2) is 0 Å². The molecule has 2 aromatic heterocycles. The lowest BCUT2D eigenvalue weighted by atomic mass is 9.94. The fraction of sp³-hybridized carbons (Fsp3) is 0.250. The molecule has 2 heteroatoms. The van der Waals surface area contributed by atoms with Gasteiger partial charge in [0.1, 0.15) is 0 Å². The molecule has 8 aromatic rings. The van der Waals surface area contributed by atoms with Crippen LogP contribution in [0.2, 0.25) is 0 Å². The smallest absolute Gasteiger partial charge is 0.0541 e. The van der Waals surface area contributed by atoms with E-state index in [2.05, 4.69) is 186 Å². The van der Waals surface area contributed by atoms with Gasteiger partial charge in [-0.1, -0.05) is 116 Å². The summed E-state index contributed by atoms with van der Waals surface area (Å²) in [5.74, 6) is 1.85. The van der Waals surface area contributed by atoms with Crippen molar-refractivity contribution in [1.29, 1.82) is 0 Å². The van der Waals surface area contributed by atoms with E-state index in [0.717, 1.165) is 0 Å². The van der Waals surface area contributed by atoms with E-state index in [0.29, 0.717) is 23.7 Å². The van der Waals surface area contributed by atoms with Crippen LogP contribution in [-0.2, 0) is 0 Å². The van der Waals surface area contributed by atoms with Gasteiger partial charge in [-0.3, -0.25) is 0 Å². The predicted molar refractivity (Wildman–Crippen MR) is 217 cm³/mol. The minimum absolute atomic E-state index is 0.462. The maximum atomic E-state index is 2.47. The molecule has 6 aromatic carbocycles. The van der Waals surface area contributed by atoms with Crippen LogP contribution in [-0.4, -0.2) is 9.13 Å². The van der Waals surface area contributed by atoms with E-state index in [1.165, 1.54) is 88.4 Å². The first-order valence-electron chi connectivity index (χ1n) is 18.5. The minimum Gasteiger partial charge on any atom is -0.309 e. The highest BCUT2D eigenvalue weighted by atomic mass is 15.0. The molecule has 0 unspecified atom stereocenters. The summed E-state index contributed by atoms with van der Waals surface area (Å²) in [5, 5.41) is 5.14. The highest BCUT2D eigenvalue weighted by molar-refractivity contribution is 6.12. The van der Waals surface area contributed by atoms with E-state index < -0.39 is 0 Å². The SMILES string of the molecule is CC(C)c1cc(C(C)C)cc(-n2c3ccccc3c3cc(-c4ccc5c(c4)c4ccccc4n5-c4cc(C(C)C)cc(C(C)C)c4)ccc32)c1. The Morgan fingerprint density at radius 2 is 0.640 bits per heavy atom. The highest BCUT2D eigenvalue weighted by Crippen LogP contribution is 2.39. The number of fused-ring (bicyclic) bond motifs is 6. The molecule has 0 atom stereocenters. The van der Waals surface area contributed by atoms with Crippen molar-refractivity contribution >= 4 is 43.6 Å². The Kier molecular flexibility index (Phi) is 7.94. The van der Waals surface area contributed by atoms with Crippen LogP contribution < -0.4 is 0 Å². The van der Waals surface area contributed by atoms with Crippen LogP contribution in [0.4, 0.5) is 0 Å². The third kappa shape index (κ3) is 5.33. The van der Waals surface area contributed by atoms with Crippen LogP contribution in [0.5, 0.6) is 0 Å². The van der Waals surface area contributed by atoms with Gasteiger partial charge in [-0.05, 0) is 118 Å². The summed E-state index contributed by atoms with van der Waals surface area (Å²) in [5.41, 5.74) is 15.5. The van der Waals surface area contributed by atoms with Crippen molar-refractivity contribution in [2.24, 2.45) is 0 Å². The average molecular weight is 653 g/mol. The first-order chi connectivity index (χ1) is 24.1. The second-order valence-corrected chi connectivity index (χ2v) is 15.5. The summed E-state index contributed by atoms with van der Waals surface area (Å²) in [7, 11) is 0. The van der Waals surface area contributed by atoms with Gasteiger partial charge in [-0.2, -0.15) is 0 Å². The number of hydrogen-bond donors (Lipinski definition) is 0. The molecule has 0 saturated heterocycles. The molecule has 8 rings (SSSR count). The molecule has 0 aliphatic carbocycles. The van der Waals surface area contributed by atoms with E-state index in [-0.39, 0.29) is 0 Å². The number of rotatable bonds is 7. The number of hydrogen-bond acceptors (Lipinski definition) is 0. The molecule has 0 bridgehead atoms. The summed E-state index contributed by atoms with van der Waals surface area (Å²) >= 11 is 0. The van der Waals surface area contributed by atoms with Crippen LogP contribution in [0, 0.1) is 0 Å². The van der Waals surface area contributed by atoms with E-state index in [1.807, 2.05) is 0 Å². The van der Waals surface area contributed by atoms with E-state index in [9.17, 15) is 0 Å². The summed E-state index contributed by atoms with van der Waals surface area (Å²) in [4.78, 5) is 0. The Hall–Kier alpha value is -5.08. The summed E-state index contributed by atoms with van der Waals surface area (Å²) in [6, 6.07) is 46.2. The van der Waals surface area contributed by atoms with Gasteiger partial charge in [0.2, 0.25) is 0 Å². The summed E-state index contributed by atoms with van der Waals surface area (Å²) in [6.45, 7) is 18.3. The number of aromatic nitrogens is 2. The Labute approximate surface area is 297 Å². The zero-order chi connectivity index (χ0) is 34.8. The monoisotopic (exact) mass is 652 g/mol. The zero-order valence-electron chi connectivity index (χ0n) is 30.8. The van der Waals surface area contributed by atoms with Crippen LogP contribution in [0.15, 0.2) is 121 Å². The van der Waals surface area contributed by atoms with Crippen molar-refractivity contribution < 1.29 is 0 Å². The van der Waals surface area contributed by atoms with Gasteiger partial charge < -0.3 is 9.13 Å². The second kappa shape index (κ2) is 12.4. The molecule has 0 aliphatic heterocycles. The van der Waals surface area contributed by atoms with Crippen molar-refractivity contribution in [3.8, 4) is 22.5 Å². The fourth-order valence-electron chi connectivity index (χ4n) is 7.77. The van der Waals surface area contributed by atoms with Crippen molar-refractivity contribution in [2.75, 3.05) is 0 Å². The molecule has 50 heavy (non-hydrogen) atoms. The molecule has 2 heterocycles. The first-order valence-corrected chi connectivity index (χ1v) is 18.5. The lowest BCUT2D eigenvalue weighted by Gasteiger charge is -2.17. The van der Waals surface area contributed by atoms with Gasteiger partial charge >= 0.3 is 0 Å². The molecule has 0 radical (unpaired) electrons. The maximum absolute atomic E-state index is 2.47. The minimum atomic E-state index is 0.462. The topological polar surface area (TPSA) is 9.86 Å². The van der Waals surface area contributed by atoms with E-state index >= 15 is 0 Å². The lowest BCUT2D eigenvalue weighted by molar-refractivity contribution is 0.830. The first kappa shape index (κ1) is 32.1. The molecule has 0 fully saturated rings. The molecular formula is C48H48N2. The van der Waals surface area contributed by atoms with Crippen molar-refractivity contribution in [1.82, 2.24) is 9.13 Å². The third-order valence-electron chi connectivity index (χ3n) is 10.8. The number of benzene rings is 6. The van der Waals surface area contributed by atoms with Crippen LogP contribution >= 0.6 is 0 Å². The van der Waals surface area contributed by atoms with Crippen LogP contribution in [0.25, 0.3) is 66.1 Å². The molecule has 0 saturated carbocycles. The molecule has 0 spiro atoms. The van der Waals surface area contributed by atoms with E-state index in [4.69, 9.17) is 0 Å². The predicted octanol–water partition coefficient (Wildman–Crippen LogP) is 14.0. The zero-order valence-corrected chi connectivity index (χ0v) is 30.8. The summed E-state index contributed by atoms with van der Waals surface area (Å²) < 4.78 is 4.94. The standard InChI is InChI=1S/C48H48N2/c1-29(2)35-21-36(30(3)4)24-39(23-35)49-45-15-11-9-13-41(45)43-27-33(17-19-47(43)49)34-18-20-48-44(28-34)42-14-10-12-16-46(42)50(48)40-25-37(31(5)6)22-38(26-40)32(7)8/h9-32H,1-8H3. The molecule has 0 amide bonds. The lowest BCUT2D eigenvalue weighted by Crippen LogP contribution is -2.00. The number of para-hydroxylation sites is 2. The number of nitrogens with zero attached hydrogens (tertiary/aromatic N) is 2. The normalized spacial score (nSPS) is 12.3. The van der Waals surface area contributed by atoms with Gasteiger partial charge in [0.25, 0.3) is 0 Å². The Bertz CT molecular complexity index is 2320. The Morgan fingerprint density at radius 3 is 0.980 bits per heavy atom. The van der Waals surface area contributed by atoms with E-state index in [1.54, 1.807) is 0 Å². The molecule has 2 nitrogen and oxygen atoms in total. The van der Waals surface area contributed by atoms with Crippen molar-refractivity contribution in [3.05, 3.63) is 144 Å². The van der Waals surface area contributed by atoms with Gasteiger partial charge in [0, 0.05) is 32.9 Å². The van der Waals surface area contributed by atoms with Crippen molar-refractivity contribution in [3.63, 3.8) is 0 Å². The average Bonchev–Trinajstić information content (AvgIpc) is 3.63. The Morgan fingerprint density at radius 1 is 0.320 bits per heavy atom. The van der Waals surface area contributed by atoms with Crippen LogP contribution in [0.1, 0.15) is 101 Å². The second-order valence-electron chi connectivity index (χ2n) is 15.5. The van der Waals surface area contributed by atoms with Gasteiger partial charge in [0.05, 0.1) is 22.1 Å².